The first-order chi connectivity index (χ1) is 3.80. The fourth-order valence-electron chi connectivity index (χ4n) is 0.807. The van der Waals surface area contributed by atoms with E-state index in [4.69, 9.17) is 5.11 Å². The first-order valence-electron chi connectivity index (χ1n) is 2.83. The Kier molecular flexibility index (Phi) is 4.10. The molecule has 4 heteroatoms. The number of aliphatic hydroxyl groups is 1. The number of hydrogen-bond donors (Lipinski definition) is 2. The number of aliphatic hydroxyl groups excluding tert-OH is 1. The van der Waals surface area contributed by atoms with Gasteiger partial charge in [-0.15, -0.1) is 12.4 Å². The van der Waals surface area contributed by atoms with Gasteiger partial charge in [0.05, 0.1) is 6.10 Å². The summed E-state index contributed by atoms with van der Waals surface area (Å²) in [6.45, 7) is 1.04. The third-order valence-electron chi connectivity index (χ3n) is 1.37. The van der Waals surface area contributed by atoms with Crippen molar-refractivity contribution in [3.63, 3.8) is 0 Å². The van der Waals surface area contributed by atoms with Gasteiger partial charge in [-0.2, -0.15) is 0 Å². The lowest BCUT2D eigenvalue weighted by Crippen LogP contribution is -2.41. The van der Waals surface area contributed by atoms with Crippen LogP contribution in [0.3, 0.4) is 0 Å². The van der Waals surface area contributed by atoms with Crippen LogP contribution in [0.1, 0.15) is 6.42 Å². The van der Waals surface area contributed by atoms with Crippen molar-refractivity contribution in [2.24, 2.45) is 0 Å². The highest BCUT2D eigenvalue weighted by atomic mass is 35.5. The summed E-state index contributed by atoms with van der Waals surface area (Å²) in [5.74, 6) is 0. The molecule has 0 radical (unpaired) electrons. The zero-order valence-electron chi connectivity index (χ0n) is 5.01. The van der Waals surface area contributed by atoms with Gasteiger partial charge in [-0.25, -0.2) is 4.39 Å². The summed E-state index contributed by atoms with van der Waals surface area (Å²) in [6, 6.07) is 0. The standard InChI is InChI=1S/C5H10FNO.ClH/c6-4-3-7-2-1-5(4)8;/h4-5,7-8H,1-3H2;1H/t4-,5-;/m1./s1. The van der Waals surface area contributed by atoms with E-state index >= 15 is 0 Å². The molecule has 1 heterocycles. The second-order valence-electron chi connectivity index (χ2n) is 2.08. The van der Waals surface area contributed by atoms with E-state index in [0.29, 0.717) is 13.0 Å². The van der Waals surface area contributed by atoms with Crippen molar-refractivity contribution in [1.29, 1.82) is 0 Å². The first kappa shape index (κ1) is 9.14. The summed E-state index contributed by atoms with van der Waals surface area (Å²) >= 11 is 0. The first-order valence-corrected chi connectivity index (χ1v) is 2.83. The smallest absolute Gasteiger partial charge is 0.138 e. The summed E-state index contributed by atoms with van der Waals surface area (Å²) in [5, 5.41) is 11.6. The minimum Gasteiger partial charge on any atom is -0.390 e. The van der Waals surface area contributed by atoms with Crippen LogP contribution in [0.5, 0.6) is 0 Å². The van der Waals surface area contributed by atoms with Crippen molar-refractivity contribution in [2.75, 3.05) is 13.1 Å². The maximum atomic E-state index is 12.3. The molecule has 0 amide bonds. The topological polar surface area (TPSA) is 32.3 Å². The monoisotopic (exact) mass is 155 g/mol. The molecule has 1 fully saturated rings. The summed E-state index contributed by atoms with van der Waals surface area (Å²) in [4.78, 5) is 0. The lowest BCUT2D eigenvalue weighted by molar-refractivity contribution is 0.0532. The summed E-state index contributed by atoms with van der Waals surface area (Å²) in [7, 11) is 0. The van der Waals surface area contributed by atoms with Gasteiger partial charge >= 0.3 is 0 Å². The highest BCUT2D eigenvalue weighted by Crippen LogP contribution is 2.05. The van der Waals surface area contributed by atoms with Crippen LogP contribution in [0.15, 0.2) is 0 Å². The van der Waals surface area contributed by atoms with Crippen LogP contribution in [0, 0.1) is 0 Å². The minimum absolute atomic E-state index is 0. The number of piperidine rings is 1. The van der Waals surface area contributed by atoms with Gasteiger partial charge in [-0.05, 0) is 13.0 Å². The van der Waals surface area contributed by atoms with Gasteiger partial charge in [-0.1, -0.05) is 0 Å². The third-order valence-corrected chi connectivity index (χ3v) is 1.37. The normalized spacial score (nSPS) is 35.3. The van der Waals surface area contributed by atoms with E-state index in [0.717, 1.165) is 6.54 Å². The quantitative estimate of drug-likeness (QED) is 0.520. The largest absolute Gasteiger partial charge is 0.390 e. The van der Waals surface area contributed by atoms with Crippen molar-refractivity contribution < 1.29 is 9.50 Å². The summed E-state index contributed by atoms with van der Waals surface area (Å²) in [6.07, 6.45) is -1.23. The van der Waals surface area contributed by atoms with Crippen LogP contribution in [-0.4, -0.2) is 30.5 Å². The predicted octanol–water partition coefficient (Wildman–Crippen LogP) is 0.101. The Morgan fingerprint density at radius 2 is 2.22 bits per heavy atom. The molecule has 2 N–H and O–H groups in total. The lowest BCUT2D eigenvalue weighted by atomic mass is 10.1. The SMILES string of the molecule is Cl.O[C@@H]1CCNC[C@H]1F. The molecule has 0 aliphatic carbocycles. The number of halogens is 2. The molecule has 1 aliphatic rings. The van der Waals surface area contributed by atoms with Crippen LogP contribution in [0.4, 0.5) is 4.39 Å². The van der Waals surface area contributed by atoms with Gasteiger partial charge in [0.15, 0.2) is 0 Å². The highest BCUT2D eigenvalue weighted by molar-refractivity contribution is 5.85. The number of hydrogen-bond acceptors (Lipinski definition) is 2. The Balaban J connectivity index is 0.000000640. The Bertz CT molecular complexity index is 73.4. The molecule has 1 aliphatic heterocycles. The van der Waals surface area contributed by atoms with Gasteiger partial charge in [0.2, 0.25) is 0 Å². The van der Waals surface area contributed by atoms with Crippen molar-refractivity contribution >= 4 is 12.4 Å². The Labute approximate surface area is 59.9 Å². The number of rotatable bonds is 0. The molecule has 0 saturated carbocycles. The molecule has 0 spiro atoms. The fraction of sp³-hybridized carbons (Fsp3) is 1.00. The molecule has 9 heavy (non-hydrogen) atoms. The van der Waals surface area contributed by atoms with Crippen LogP contribution in [-0.2, 0) is 0 Å². The van der Waals surface area contributed by atoms with Crippen molar-refractivity contribution in [2.45, 2.75) is 18.7 Å². The van der Waals surface area contributed by atoms with Crippen LogP contribution >= 0.6 is 12.4 Å². The van der Waals surface area contributed by atoms with Gasteiger partial charge in [0, 0.05) is 6.54 Å². The van der Waals surface area contributed by atoms with Gasteiger partial charge in [-0.3, -0.25) is 0 Å². The van der Waals surface area contributed by atoms with E-state index in [2.05, 4.69) is 5.32 Å². The Morgan fingerprint density at radius 3 is 2.56 bits per heavy atom. The molecule has 2 nitrogen and oxygen atoms in total. The number of nitrogens with one attached hydrogen (secondary N) is 1. The molecule has 0 aromatic rings. The average Bonchev–Trinajstić information content (AvgIpc) is 1.77. The molecule has 2 atom stereocenters. The molecule has 56 valence electrons. The highest BCUT2D eigenvalue weighted by Gasteiger charge is 2.20. The van der Waals surface area contributed by atoms with Crippen molar-refractivity contribution in [3.8, 4) is 0 Å². The van der Waals surface area contributed by atoms with Crippen molar-refractivity contribution in [1.82, 2.24) is 5.32 Å². The van der Waals surface area contributed by atoms with E-state index in [1.165, 1.54) is 0 Å². The maximum absolute atomic E-state index is 12.3. The maximum Gasteiger partial charge on any atom is 0.138 e. The lowest BCUT2D eigenvalue weighted by Gasteiger charge is -2.21. The van der Waals surface area contributed by atoms with Gasteiger partial charge in [0.25, 0.3) is 0 Å². The fourth-order valence-corrected chi connectivity index (χ4v) is 0.807. The zero-order chi connectivity index (χ0) is 5.98. The van der Waals surface area contributed by atoms with Crippen LogP contribution < -0.4 is 5.32 Å². The van der Waals surface area contributed by atoms with Crippen LogP contribution in [0.2, 0.25) is 0 Å². The summed E-state index contributed by atoms with van der Waals surface area (Å²) in [5.41, 5.74) is 0. The van der Waals surface area contributed by atoms with Gasteiger partial charge in [0.1, 0.15) is 6.17 Å². The zero-order valence-corrected chi connectivity index (χ0v) is 5.83. The molecule has 1 rings (SSSR count). The average molecular weight is 156 g/mol. The molecule has 0 aromatic carbocycles. The second kappa shape index (κ2) is 4.04. The van der Waals surface area contributed by atoms with E-state index in [-0.39, 0.29) is 12.4 Å². The minimum atomic E-state index is -1.05. The third kappa shape index (κ3) is 2.47. The molecule has 1 saturated heterocycles. The molecular weight excluding hydrogens is 145 g/mol. The Hall–Kier alpha value is 0.140. The molecule has 0 aromatic heterocycles. The van der Waals surface area contributed by atoms with E-state index in [1.54, 1.807) is 0 Å². The van der Waals surface area contributed by atoms with E-state index in [1.807, 2.05) is 0 Å². The molecule has 0 unspecified atom stereocenters. The predicted molar refractivity (Wildman–Crippen MR) is 35.6 cm³/mol. The van der Waals surface area contributed by atoms with Crippen LogP contribution in [0.25, 0.3) is 0 Å². The molecule has 0 bridgehead atoms. The Morgan fingerprint density at radius 1 is 1.56 bits per heavy atom. The summed E-state index contributed by atoms with van der Waals surface area (Å²) < 4.78 is 12.3. The van der Waals surface area contributed by atoms with E-state index in [9.17, 15) is 4.39 Å². The second-order valence-corrected chi connectivity index (χ2v) is 2.08. The van der Waals surface area contributed by atoms with Gasteiger partial charge < -0.3 is 10.4 Å². The molecular formula is C5H11ClFNO. The number of alkyl halides is 1. The van der Waals surface area contributed by atoms with Crippen molar-refractivity contribution in [3.05, 3.63) is 0 Å². The van der Waals surface area contributed by atoms with E-state index < -0.39 is 12.3 Å².